The molecule has 1 aromatic carbocycles. The molecule has 0 amide bonds. The predicted octanol–water partition coefficient (Wildman–Crippen LogP) is 2.62. The van der Waals surface area contributed by atoms with Crippen molar-refractivity contribution in [2.75, 3.05) is 6.54 Å². The van der Waals surface area contributed by atoms with E-state index in [1.807, 2.05) is 6.07 Å². The SMILES string of the molecule is NCC1Cc2ccccc2CN1Cc1ccncc1Cl. The van der Waals surface area contributed by atoms with Gasteiger partial charge in [-0.15, -0.1) is 0 Å². The summed E-state index contributed by atoms with van der Waals surface area (Å²) in [5, 5.41) is 0.724. The molecule has 1 aliphatic rings. The molecular weight excluding hydrogens is 270 g/mol. The highest BCUT2D eigenvalue weighted by molar-refractivity contribution is 6.31. The second kappa shape index (κ2) is 5.92. The number of rotatable bonds is 3. The van der Waals surface area contributed by atoms with Gasteiger partial charge in [0, 0.05) is 38.1 Å². The molecule has 104 valence electrons. The predicted molar refractivity (Wildman–Crippen MR) is 81.5 cm³/mol. The number of fused-ring (bicyclic) bond motifs is 1. The van der Waals surface area contributed by atoms with Crippen LogP contribution in [0.4, 0.5) is 0 Å². The van der Waals surface area contributed by atoms with Crippen LogP contribution in [0.2, 0.25) is 5.02 Å². The number of aromatic nitrogens is 1. The summed E-state index contributed by atoms with van der Waals surface area (Å²) in [6.45, 7) is 2.41. The monoisotopic (exact) mass is 287 g/mol. The largest absolute Gasteiger partial charge is 0.329 e. The third-order valence-electron chi connectivity index (χ3n) is 3.97. The molecule has 1 aromatic heterocycles. The van der Waals surface area contributed by atoms with Crippen molar-refractivity contribution in [1.82, 2.24) is 9.88 Å². The van der Waals surface area contributed by atoms with E-state index in [0.717, 1.165) is 30.1 Å². The van der Waals surface area contributed by atoms with Gasteiger partial charge in [0.05, 0.1) is 5.02 Å². The molecule has 0 spiro atoms. The normalized spacial score (nSPS) is 18.8. The van der Waals surface area contributed by atoms with Crippen LogP contribution < -0.4 is 5.73 Å². The molecule has 1 atom stereocenters. The summed E-state index contributed by atoms with van der Waals surface area (Å²) in [7, 11) is 0. The van der Waals surface area contributed by atoms with E-state index < -0.39 is 0 Å². The lowest BCUT2D eigenvalue weighted by molar-refractivity contribution is 0.167. The highest BCUT2D eigenvalue weighted by Crippen LogP contribution is 2.26. The molecule has 0 aliphatic carbocycles. The van der Waals surface area contributed by atoms with Gasteiger partial charge in [0.2, 0.25) is 0 Å². The standard InChI is InChI=1S/C16H18ClN3/c17-16-9-19-6-5-14(16)11-20-10-13-4-2-1-3-12(13)7-15(20)8-18/h1-6,9,15H,7-8,10-11,18H2. The molecule has 2 N–H and O–H groups in total. The molecule has 0 bridgehead atoms. The second-order valence-electron chi connectivity index (χ2n) is 5.23. The Morgan fingerprint density at radius 1 is 1.25 bits per heavy atom. The zero-order valence-corrected chi connectivity index (χ0v) is 12.1. The van der Waals surface area contributed by atoms with E-state index in [9.17, 15) is 0 Å². The van der Waals surface area contributed by atoms with Crippen LogP contribution in [0.3, 0.4) is 0 Å². The van der Waals surface area contributed by atoms with Gasteiger partial charge < -0.3 is 5.73 Å². The lowest BCUT2D eigenvalue weighted by atomic mass is 9.93. The first kappa shape index (κ1) is 13.6. The Morgan fingerprint density at radius 3 is 2.80 bits per heavy atom. The fourth-order valence-electron chi connectivity index (χ4n) is 2.81. The molecule has 1 aliphatic heterocycles. The van der Waals surface area contributed by atoms with E-state index in [1.165, 1.54) is 11.1 Å². The van der Waals surface area contributed by atoms with Gasteiger partial charge in [0.25, 0.3) is 0 Å². The van der Waals surface area contributed by atoms with Gasteiger partial charge in [0.15, 0.2) is 0 Å². The molecule has 3 rings (SSSR count). The van der Waals surface area contributed by atoms with Crippen molar-refractivity contribution in [3.63, 3.8) is 0 Å². The molecule has 0 saturated carbocycles. The average Bonchev–Trinajstić information content (AvgIpc) is 2.49. The van der Waals surface area contributed by atoms with Crippen molar-refractivity contribution in [3.05, 3.63) is 64.4 Å². The average molecular weight is 288 g/mol. The molecule has 2 heterocycles. The van der Waals surface area contributed by atoms with Crippen molar-refractivity contribution in [2.45, 2.75) is 25.6 Å². The van der Waals surface area contributed by atoms with Crippen LogP contribution in [-0.2, 0) is 19.5 Å². The van der Waals surface area contributed by atoms with E-state index in [4.69, 9.17) is 17.3 Å². The first-order valence-electron chi connectivity index (χ1n) is 6.87. The van der Waals surface area contributed by atoms with E-state index in [1.54, 1.807) is 12.4 Å². The summed E-state index contributed by atoms with van der Waals surface area (Å²) in [5.41, 5.74) is 9.87. The Kier molecular flexibility index (Phi) is 4.01. The maximum absolute atomic E-state index is 6.21. The maximum atomic E-state index is 6.21. The first-order valence-corrected chi connectivity index (χ1v) is 7.25. The number of benzene rings is 1. The van der Waals surface area contributed by atoms with Crippen LogP contribution in [0.5, 0.6) is 0 Å². The number of nitrogens with zero attached hydrogens (tertiary/aromatic N) is 2. The van der Waals surface area contributed by atoms with Crippen molar-refractivity contribution in [2.24, 2.45) is 5.73 Å². The topological polar surface area (TPSA) is 42.1 Å². The summed E-state index contributed by atoms with van der Waals surface area (Å²) in [5.74, 6) is 0. The van der Waals surface area contributed by atoms with E-state index >= 15 is 0 Å². The quantitative estimate of drug-likeness (QED) is 0.944. The highest BCUT2D eigenvalue weighted by Gasteiger charge is 2.25. The van der Waals surface area contributed by atoms with Gasteiger partial charge in [-0.05, 0) is 29.2 Å². The van der Waals surface area contributed by atoms with Gasteiger partial charge in [-0.3, -0.25) is 9.88 Å². The third-order valence-corrected chi connectivity index (χ3v) is 4.31. The summed E-state index contributed by atoms with van der Waals surface area (Å²) in [6, 6.07) is 10.9. The second-order valence-corrected chi connectivity index (χ2v) is 5.64. The van der Waals surface area contributed by atoms with E-state index in [-0.39, 0.29) is 0 Å². The van der Waals surface area contributed by atoms with Crippen LogP contribution >= 0.6 is 11.6 Å². The van der Waals surface area contributed by atoms with Gasteiger partial charge >= 0.3 is 0 Å². The molecule has 0 fully saturated rings. The fourth-order valence-corrected chi connectivity index (χ4v) is 2.99. The highest BCUT2D eigenvalue weighted by atomic mass is 35.5. The maximum Gasteiger partial charge on any atom is 0.0634 e. The van der Waals surface area contributed by atoms with Gasteiger partial charge in [0.1, 0.15) is 0 Å². The Labute approximate surface area is 124 Å². The smallest absolute Gasteiger partial charge is 0.0634 e. The van der Waals surface area contributed by atoms with Gasteiger partial charge in [-0.1, -0.05) is 35.9 Å². The molecule has 20 heavy (non-hydrogen) atoms. The summed E-state index contributed by atoms with van der Waals surface area (Å²) in [6.07, 6.45) is 4.50. The number of hydrogen-bond acceptors (Lipinski definition) is 3. The van der Waals surface area contributed by atoms with Crippen molar-refractivity contribution >= 4 is 11.6 Å². The van der Waals surface area contributed by atoms with Crippen LogP contribution in [0, 0.1) is 0 Å². The molecule has 3 nitrogen and oxygen atoms in total. The summed E-state index contributed by atoms with van der Waals surface area (Å²) >= 11 is 6.21. The van der Waals surface area contributed by atoms with Crippen LogP contribution in [0.25, 0.3) is 0 Å². The minimum Gasteiger partial charge on any atom is -0.329 e. The van der Waals surface area contributed by atoms with E-state index in [0.29, 0.717) is 12.6 Å². The van der Waals surface area contributed by atoms with Crippen molar-refractivity contribution < 1.29 is 0 Å². The molecule has 2 aromatic rings. The van der Waals surface area contributed by atoms with Crippen molar-refractivity contribution in [1.29, 1.82) is 0 Å². The van der Waals surface area contributed by atoms with Gasteiger partial charge in [-0.25, -0.2) is 0 Å². The first-order chi connectivity index (χ1) is 9.78. The molecule has 0 saturated heterocycles. The molecule has 4 heteroatoms. The number of halogens is 1. The number of nitrogens with two attached hydrogens (primary N) is 1. The lowest BCUT2D eigenvalue weighted by Crippen LogP contribution is -2.44. The Morgan fingerprint density at radius 2 is 2.05 bits per heavy atom. The lowest BCUT2D eigenvalue weighted by Gasteiger charge is -2.36. The summed E-state index contributed by atoms with van der Waals surface area (Å²) in [4.78, 5) is 6.44. The number of pyridine rings is 1. The van der Waals surface area contributed by atoms with Crippen LogP contribution in [0.1, 0.15) is 16.7 Å². The minimum atomic E-state index is 0.370. The Balaban J connectivity index is 1.84. The van der Waals surface area contributed by atoms with Crippen LogP contribution in [0.15, 0.2) is 42.7 Å². The zero-order valence-electron chi connectivity index (χ0n) is 11.3. The Bertz CT molecular complexity index is 600. The molecule has 0 radical (unpaired) electrons. The molecular formula is C16H18ClN3. The molecule has 1 unspecified atom stereocenters. The van der Waals surface area contributed by atoms with Gasteiger partial charge in [-0.2, -0.15) is 0 Å². The third kappa shape index (κ3) is 2.70. The number of hydrogen-bond donors (Lipinski definition) is 1. The minimum absolute atomic E-state index is 0.370. The van der Waals surface area contributed by atoms with Crippen molar-refractivity contribution in [3.8, 4) is 0 Å². The zero-order chi connectivity index (χ0) is 13.9. The van der Waals surface area contributed by atoms with Crippen LogP contribution in [-0.4, -0.2) is 22.5 Å². The fraction of sp³-hybridized carbons (Fsp3) is 0.312. The summed E-state index contributed by atoms with van der Waals surface area (Å²) < 4.78 is 0. The van der Waals surface area contributed by atoms with E-state index in [2.05, 4.69) is 34.1 Å². The Hall–Kier alpha value is -1.42.